The van der Waals surface area contributed by atoms with E-state index in [0.29, 0.717) is 34.9 Å². The molecule has 8 nitrogen and oxygen atoms in total. The Morgan fingerprint density at radius 1 is 0.295 bits per heavy atom. The van der Waals surface area contributed by atoms with Crippen molar-refractivity contribution in [1.82, 2.24) is 39.5 Å². The van der Waals surface area contributed by atoms with Gasteiger partial charge < -0.3 is 4.57 Å². The second-order valence-corrected chi connectivity index (χ2v) is 14.6. The first kappa shape index (κ1) is 35.7. The van der Waals surface area contributed by atoms with Gasteiger partial charge in [-0.15, -0.1) is 0 Å². The summed E-state index contributed by atoms with van der Waals surface area (Å²) in [6, 6.07) is 67.5. The van der Waals surface area contributed by atoms with Crippen molar-refractivity contribution < 1.29 is 0 Å². The van der Waals surface area contributed by atoms with Crippen LogP contribution < -0.4 is 0 Å². The van der Waals surface area contributed by atoms with Gasteiger partial charge in [0.05, 0.1) is 22.4 Å². The summed E-state index contributed by atoms with van der Waals surface area (Å²) in [6.45, 7) is 0. The van der Waals surface area contributed by atoms with E-state index in [1.54, 1.807) is 0 Å². The van der Waals surface area contributed by atoms with Crippen LogP contribution in [-0.4, -0.2) is 39.5 Å². The fourth-order valence-electron chi connectivity index (χ4n) is 7.84. The lowest BCUT2D eigenvalue weighted by atomic mass is 10.0. The van der Waals surface area contributed by atoms with Crippen molar-refractivity contribution in [3.8, 4) is 85.3 Å². The Hall–Kier alpha value is -8.49. The first-order valence-corrected chi connectivity index (χ1v) is 20.1. The first-order chi connectivity index (χ1) is 30.2. The van der Waals surface area contributed by atoms with Crippen LogP contribution in [0.5, 0.6) is 0 Å². The molecular weight excluding hydrogens is 749 g/mol. The lowest BCUT2D eigenvalue weighted by Gasteiger charge is -2.16. The zero-order chi connectivity index (χ0) is 40.5. The molecule has 8 heteroatoms. The fraction of sp³-hybridized carbons (Fsp3) is 0. The Bertz CT molecular complexity index is 3220. The summed E-state index contributed by atoms with van der Waals surface area (Å²) < 4.78 is 2.32. The molecular formula is C53H34N8. The molecule has 0 atom stereocenters. The largest absolute Gasteiger partial charge is 0.309 e. The van der Waals surface area contributed by atoms with Crippen molar-refractivity contribution in [3.63, 3.8) is 0 Å². The topological polar surface area (TPSA) is 95.2 Å². The summed E-state index contributed by atoms with van der Waals surface area (Å²) in [5.74, 6) is 3.62. The lowest BCUT2D eigenvalue weighted by molar-refractivity contribution is 1.07. The molecule has 0 saturated heterocycles. The van der Waals surface area contributed by atoms with Gasteiger partial charge in [0.1, 0.15) is 0 Å². The van der Waals surface area contributed by atoms with Crippen molar-refractivity contribution in [3.05, 3.63) is 206 Å². The summed E-state index contributed by atoms with van der Waals surface area (Å²) in [7, 11) is 0. The van der Waals surface area contributed by atoms with E-state index in [-0.39, 0.29) is 0 Å². The van der Waals surface area contributed by atoms with E-state index in [9.17, 15) is 0 Å². The average molecular weight is 783 g/mol. The van der Waals surface area contributed by atoms with Crippen LogP contribution in [0.15, 0.2) is 206 Å². The summed E-state index contributed by atoms with van der Waals surface area (Å²) >= 11 is 0. The minimum atomic E-state index is 0.572. The van der Waals surface area contributed by atoms with Crippen molar-refractivity contribution in [2.45, 2.75) is 0 Å². The molecule has 7 aromatic carbocycles. The van der Waals surface area contributed by atoms with Crippen LogP contribution in [0.3, 0.4) is 0 Å². The number of nitrogens with zero attached hydrogens (tertiary/aromatic N) is 8. The van der Waals surface area contributed by atoms with Crippen LogP contribution in [0.25, 0.3) is 107 Å². The molecule has 0 fully saturated rings. The molecule has 0 aliphatic rings. The van der Waals surface area contributed by atoms with Crippen LogP contribution in [0.4, 0.5) is 0 Å². The smallest absolute Gasteiger partial charge is 0.164 e. The normalized spacial score (nSPS) is 11.3. The highest BCUT2D eigenvalue weighted by atomic mass is 15.0. The third kappa shape index (κ3) is 6.78. The molecule has 0 aliphatic heterocycles. The molecule has 4 aromatic heterocycles. The number of aromatic nitrogens is 8. The van der Waals surface area contributed by atoms with E-state index in [1.165, 1.54) is 0 Å². The molecule has 286 valence electrons. The predicted octanol–water partition coefficient (Wildman–Crippen LogP) is 12.2. The van der Waals surface area contributed by atoms with E-state index in [0.717, 1.165) is 72.1 Å². The Labute approximate surface area is 351 Å². The summed E-state index contributed by atoms with van der Waals surface area (Å²) in [6.07, 6.45) is 1.83. The van der Waals surface area contributed by atoms with Crippen LogP contribution in [0.2, 0.25) is 0 Å². The minimum Gasteiger partial charge on any atom is -0.309 e. The Morgan fingerprint density at radius 3 is 1.20 bits per heavy atom. The van der Waals surface area contributed by atoms with Gasteiger partial charge >= 0.3 is 0 Å². The van der Waals surface area contributed by atoms with Crippen LogP contribution in [0, 0.1) is 0 Å². The molecule has 0 spiro atoms. The van der Waals surface area contributed by atoms with Gasteiger partial charge in [0.15, 0.2) is 34.9 Å². The zero-order valence-corrected chi connectivity index (χ0v) is 32.7. The van der Waals surface area contributed by atoms with Gasteiger partial charge in [-0.25, -0.2) is 29.9 Å². The Kier molecular flexibility index (Phi) is 8.98. The minimum absolute atomic E-state index is 0.572. The summed E-state index contributed by atoms with van der Waals surface area (Å²) in [4.78, 5) is 35.0. The molecule has 61 heavy (non-hydrogen) atoms. The number of rotatable bonds is 8. The highest BCUT2D eigenvalue weighted by Crippen LogP contribution is 2.39. The molecule has 11 rings (SSSR count). The molecule has 4 heterocycles. The standard InChI is InChI=1S/C53H34N8/c1-5-17-35(18-6-1)48-55-49(36-19-7-2-8-20-36)58-52(57-48)39-29-31-46-43(33-39)41-25-13-14-27-45(41)61(46)47-34-40(28-30-42(47)44-26-15-16-32-54-44)53-59-50(37-21-9-3-10-22-37)56-51(60-53)38-23-11-4-12-24-38/h1-34H. The second kappa shape index (κ2) is 15.4. The predicted molar refractivity (Wildman–Crippen MR) is 243 cm³/mol. The molecule has 0 radical (unpaired) electrons. The molecule has 0 amide bonds. The Balaban J connectivity index is 1.12. The maximum Gasteiger partial charge on any atom is 0.164 e. The average Bonchev–Trinajstić information content (AvgIpc) is 3.68. The molecule has 0 bridgehead atoms. The molecule has 0 unspecified atom stereocenters. The van der Waals surface area contributed by atoms with Gasteiger partial charge in [-0.3, -0.25) is 4.98 Å². The SMILES string of the molecule is c1ccc(-c2nc(-c3ccccc3)nc(-c3ccc(-c4ccccn4)c(-n4c5ccccc5c5cc(-c6nc(-c7ccccc7)nc(-c7ccccc7)n6)ccc54)c3)n2)cc1. The van der Waals surface area contributed by atoms with E-state index in [1.807, 2.05) is 146 Å². The van der Waals surface area contributed by atoms with Crippen LogP contribution in [0.1, 0.15) is 0 Å². The van der Waals surface area contributed by atoms with Crippen LogP contribution in [-0.2, 0) is 0 Å². The number of fused-ring (bicyclic) bond motifs is 3. The fourth-order valence-corrected chi connectivity index (χ4v) is 7.84. The zero-order valence-electron chi connectivity index (χ0n) is 32.7. The van der Waals surface area contributed by atoms with Crippen LogP contribution >= 0.6 is 0 Å². The summed E-state index contributed by atoms with van der Waals surface area (Å²) in [5.41, 5.74) is 10.2. The monoisotopic (exact) mass is 782 g/mol. The van der Waals surface area contributed by atoms with Gasteiger partial charge in [0.25, 0.3) is 0 Å². The molecule has 0 N–H and O–H groups in total. The number of hydrogen-bond acceptors (Lipinski definition) is 7. The Morgan fingerprint density at radius 2 is 0.705 bits per heavy atom. The van der Waals surface area contributed by atoms with Crippen molar-refractivity contribution in [2.75, 3.05) is 0 Å². The van der Waals surface area contributed by atoms with Gasteiger partial charge in [-0.2, -0.15) is 0 Å². The van der Waals surface area contributed by atoms with Crippen molar-refractivity contribution in [1.29, 1.82) is 0 Å². The number of hydrogen-bond donors (Lipinski definition) is 0. The van der Waals surface area contributed by atoms with E-state index in [4.69, 9.17) is 34.9 Å². The van der Waals surface area contributed by atoms with Gasteiger partial charge in [0, 0.05) is 55.9 Å². The van der Waals surface area contributed by atoms with E-state index >= 15 is 0 Å². The van der Waals surface area contributed by atoms with Gasteiger partial charge in [0.2, 0.25) is 0 Å². The number of pyridine rings is 1. The van der Waals surface area contributed by atoms with Crippen molar-refractivity contribution in [2.24, 2.45) is 0 Å². The summed E-state index contributed by atoms with van der Waals surface area (Å²) in [5, 5.41) is 2.15. The third-order valence-electron chi connectivity index (χ3n) is 10.8. The number of para-hydroxylation sites is 1. The molecule has 0 saturated carbocycles. The maximum absolute atomic E-state index is 5.09. The van der Waals surface area contributed by atoms with Crippen molar-refractivity contribution >= 4 is 21.8 Å². The quantitative estimate of drug-likeness (QED) is 0.151. The maximum atomic E-state index is 5.09. The highest BCUT2D eigenvalue weighted by Gasteiger charge is 2.21. The highest BCUT2D eigenvalue weighted by molar-refractivity contribution is 6.11. The number of benzene rings is 7. The van der Waals surface area contributed by atoms with E-state index < -0.39 is 0 Å². The first-order valence-electron chi connectivity index (χ1n) is 20.1. The third-order valence-corrected chi connectivity index (χ3v) is 10.8. The lowest BCUT2D eigenvalue weighted by Crippen LogP contribution is -2.02. The second-order valence-electron chi connectivity index (χ2n) is 14.6. The van der Waals surface area contributed by atoms with E-state index in [2.05, 4.69) is 65.2 Å². The van der Waals surface area contributed by atoms with Gasteiger partial charge in [-0.05, 0) is 48.5 Å². The molecule has 11 aromatic rings. The van der Waals surface area contributed by atoms with Gasteiger partial charge in [-0.1, -0.05) is 152 Å². The molecule has 0 aliphatic carbocycles.